The van der Waals surface area contributed by atoms with E-state index in [-0.39, 0.29) is 12.5 Å². The van der Waals surface area contributed by atoms with Crippen molar-refractivity contribution in [1.29, 1.82) is 5.26 Å². The van der Waals surface area contributed by atoms with Crippen molar-refractivity contribution in [2.45, 2.75) is 19.9 Å². The number of rotatable bonds is 7. The highest BCUT2D eigenvalue weighted by molar-refractivity contribution is 7.99. The Bertz CT molecular complexity index is 336. The van der Waals surface area contributed by atoms with Gasteiger partial charge in [-0.05, 0) is 6.92 Å². The van der Waals surface area contributed by atoms with Crippen LogP contribution in [0.3, 0.4) is 0 Å². The molecule has 6 heteroatoms. The summed E-state index contributed by atoms with van der Waals surface area (Å²) in [4.78, 5) is 22.4. The van der Waals surface area contributed by atoms with Gasteiger partial charge in [0.2, 0.25) is 5.91 Å². The van der Waals surface area contributed by atoms with E-state index in [0.29, 0.717) is 17.1 Å². The van der Waals surface area contributed by atoms with Crippen LogP contribution in [0.1, 0.15) is 13.8 Å². The summed E-state index contributed by atoms with van der Waals surface area (Å²) in [5, 5.41) is 11.0. The van der Waals surface area contributed by atoms with Gasteiger partial charge < -0.3 is 10.1 Å². The first kappa shape index (κ1) is 15.5. The van der Waals surface area contributed by atoms with Crippen LogP contribution < -0.4 is 5.32 Å². The molecule has 1 atom stereocenters. The van der Waals surface area contributed by atoms with Crippen LogP contribution in [0.5, 0.6) is 0 Å². The summed E-state index contributed by atoms with van der Waals surface area (Å²) in [6.07, 6.45) is 0. The fourth-order valence-electron chi connectivity index (χ4n) is 0.989. The molecule has 0 aromatic rings. The maximum atomic E-state index is 11.5. The minimum Gasteiger partial charge on any atom is -0.464 e. The van der Waals surface area contributed by atoms with Crippen molar-refractivity contribution in [3.63, 3.8) is 0 Å². The second kappa shape index (κ2) is 8.65. The molecule has 0 unspecified atom stereocenters. The van der Waals surface area contributed by atoms with Crippen LogP contribution in [-0.4, -0.2) is 36.0 Å². The summed E-state index contributed by atoms with van der Waals surface area (Å²) in [7, 11) is 0. The monoisotopic (exact) mass is 256 g/mol. The van der Waals surface area contributed by atoms with Gasteiger partial charge in [-0.2, -0.15) is 17.0 Å². The summed E-state index contributed by atoms with van der Waals surface area (Å²) >= 11 is 1.35. The van der Waals surface area contributed by atoms with Gasteiger partial charge in [-0.25, -0.2) is 4.79 Å². The van der Waals surface area contributed by atoms with Gasteiger partial charge in [0, 0.05) is 24.0 Å². The number of amides is 1. The minimum absolute atomic E-state index is 0.268. The quantitative estimate of drug-likeness (QED) is 0.540. The number of nitrogens with one attached hydrogen (secondary N) is 1. The first-order chi connectivity index (χ1) is 8.01. The molecule has 0 aromatic heterocycles. The topological polar surface area (TPSA) is 79.2 Å². The Morgan fingerprint density at radius 3 is 2.71 bits per heavy atom. The predicted molar refractivity (Wildman–Crippen MR) is 66.3 cm³/mol. The average Bonchev–Trinajstić information content (AvgIpc) is 2.27. The Morgan fingerprint density at radius 2 is 2.24 bits per heavy atom. The molecule has 5 nitrogen and oxygen atoms in total. The van der Waals surface area contributed by atoms with Crippen LogP contribution >= 0.6 is 11.8 Å². The second-order valence-electron chi connectivity index (χ2n) is 3.24. The number of esters is 1. The summed E-state index contributed by atoms with van der Waals surface area (Å²) in [6.45, 7) is 6.84. The van der Waals surface area contributed by atoms with E-state index in [0.717, 1.165) is 0 Å². The van der Waals surface area contributed by atoms with Crippen molar-refractivity contribution in [2.75, 3.05) is 18.1 Å². The lowest BCUT2D eigenvalue weighted by Crippen LogP contribution is -2.42. The largest absolute Gasteiger partial charge is 0.464 e. The van der Waals surface area contributed by atoms with Gasteiger partial charge in [-0.3, -0.25) is 4.79 Å². The summed E-state index contributed by atoms with van der Waals surface area (Å²) in [6, 6.07) is 1.24. The maximum Gasteiger partial charge on any atom is 0.329 e. The predicted octanol–water partition coefficient (Wildman–Crippen LogP) is 0.867. The number of nitriles is 1. The third-order valence-electron chi connectivity index (χ3n) is 1.67. The van der Waals surface area contributed by atoms with Crippen LogP contribution in [0.25, 0.3) is 0 Å². The first-order valence-corrected chi connectivity index (χ1v) is 6.26. The third-order valence-corrected chi connectivity index (χ3v) is 2.79. The van der Waals surface area contributed by atoms with Gasteiger partial charge in [-0.1, -0.05) is 6.58 Å². The van der Waals surface area contributed by atoms with E-state index in [1.54, 1.807) is 6.92 Å². The zero-order valence-corrected chi connectivity index (χ0v) is 10.8. The van der Waals surface area contributed by atoms with Gasteiger partial charge in [0.05, 0.1) is 12.7 Å². The molecule has 0 aliphatic rings. The average molecular weight is 256 g/mol. The molecule has 94 valence electrons. The molecule has 0 spiro atoms. The molecule has 0 aromatic carbocycles. The molecule has 0 bridgehead atoms. The van der Waals surface area contributed by atoms with E-state index in [2.05, 4.69) is 11.9 Å². The van der Waals surface area contributed by atoms with E-state index >= 15 is 0 Å². The van der Waals surface area contributed by atoms with E-state index < -0.39 is 12.0 Å². The number of ether oxygens (including phenoxy) is 1. The van der Waals surface area contributed by atoms with Crippen LogP contribution in [0.15, 0.2) is 12.2 Å². The first-order valence-electron chi connectivity index (χ1n) is 5.10. The number of carbonyl (C=O) groups excluding carboxylic acids is 2. The zero-order valence-electron chi connectivity index (χ0n) is 9.99. The molecule has 0 aliphatic carbocycles. The fourth-order valence-corrected chi connectivity index (χ4v) is 1.87. The van der Waals surface area contributed by atoms with Crippen molar-refractivity contribution in [3.05, 3.63) is 12.2 Å². The molecule has 0 rings (SSSR count). The summed E-state index contributed by atoms with van der Waals surface area (Å²) < 4.78 is 4.83. The van der Waals surface area contributed by atoms with Gasteiger partial charge >= 0.3 is 5.97 Å². The smallest absolute Gasteiger partial charge is 0.329 e. The molecule has 0 aliphatic heterocycles. The Labute approximate surface area is 105 Å². The number of carbonyl (C=O) groups is 2. The number of hydrogen-bond donors (Lipinski definition) is 1. The summed E-state index contributed by atoms with van der Waals surface area (Å²) in [5.74, 6) is 0.0472. The Balaban J connectivity index is 4.20. The highest BCUT2D eigenvalue weighted by Crippen LogP contribution is 2.08. The van der Waals surface area contributed by atoms with Crippen molar-refractivity contribution >= 4 is 23.6 Å². The molecular formula is C11H16N2O3S. The van der Waals surface area contributed by atoms with Gasteiger partial charge in [0.25, 0.3) is 0 Å². The standard InChI is InChI=1S/C11H16N2O3S/c1-4-16-11(15)10(13-9(3)14)7-17-6-8(2)5-12/h10H,2,4,6-7H2,1,3H3,(H,13,14)/t10-/m0/s1. The van der Waals surface area contributed by atoms with Crippen LogP contribution in [0.2, 0.25) is 0 Å². The van der Waals surface area contributed by atoms with Crippen LogP contribution in [0.4, 0.5) is 0 Å². The van der Waals surface area contributed by atoms with Gasteiger partial charge in [0.1, 0.15) is 6.04 Å². The fraction of sp³-hybridized carbons (Fsp3) is 0.545. The minimum atomic E-state index is -0.677. The molecule has 17 heavy (non-hydrogen) atoms. The van der Waals surface area contributed by atoms with Crippen LogP contribution in [0, 0.1) is 11.3 Å². The lowest BCUT2D eigenvalue weighted by atomic mass is 10.3. The molecule has 0 saturated heterocycles. The van der Waals surface area contributed by atoms with E-state index in [1.165, 1.54) is 18.7 Å². The van der Waals surface area contributed by atoms with E-state index in [1.807, 2.05) is 6.07 Å². The highest BCUT2D eigenvalue weighted by Gasteiger charge is 2.20. The lowest BCUT2D eigenvalue weighted by Gasteiger charge is -2.15. The Morgan fingerprint density at radius 1 is 1.59 bits per heavy atom. The molecule has 1 N–H and O–H groups in total. The molecule has 0 heterocycles. The SMILES string of the molecule is C=C(C#N)CSC[C@H](NC(C)=O)C(=O)OCC. The molecule has 0 fully saturated rings. The molecular weight excluding hydrogens is 240 g/mol. The van der Waals surface area contributed by atoms with Gasteiger partial charge in [-0.15, -0.1) is 0 Å². The van der Waals surface area contributed by atoms with Crippen molar-refractivity contribution in [2.24, 2.45) is 0 Å². The van der Waals surface area contributed by atoms with Crippen LogP contribution in [-0.2, 0) is 14.3 Å². The highest BCUT2D eigenvalue weighted by atomic mass is 32.2. The lowest BCUT2D eigenvalue weighted by molar-refractivity contribution is -0.146. The van der Waals surface area contributed by atoms with Gasteiger partial charge in [0.15, 0.2) is 0 Å². The third kappa shape index (κ3) is 7.41. The van der Waals surface area contributed by atoms with E-state index in [4.69, 9.17) is 10.00 Å². The molecule has 1 amide bonds. The molecule has 0 saturated carbocycles. The van der Waals surface area contributed by atoms with Crippen molar-refractivity contribution in [3.8, 4) is 6.07 Å². The number of thioether (sulfide) groups is 1. The number of hydrogen-bond acceptors (Lipinski definition) is 5. The molecule has 0 radical (unpaired) electrons. The second-order valence-corrected chi connectivity index (χ2v) is 4.27. The Kier molecular flexibility index (Phi) is 7.89. The number of nitrogens with zero attached hydrogens (tertiary/aromatic N) is 1. The summed E-state index contributed by atoms with van der Waals surface area (Å²) in [5.41, 5.74) is 0.431. The normalized spacial score (nSPS) is 11.1. The van der Waals surface area contributed by atoms with Crippen molar-refractivity contribution in [1.82, 2.24) is 5.32 Å². The maximum absolute atomic E-state index is 11.5. The van der Waals surface area contributed by atoms with Crippen molar-refractivity contribution < 1.29 is 14.3 Å². The Hall–Kier alpha value is -1.48. The van der Waals surface area contributed by atoms with E-state index in [9.17, 15) is 9.59 Å². The zero-order chi connectivity index (χ0) is 13.3.